The van der Waals surface area contributed by atoms with Gasteiger partial charge in [0.25, 0.3) is 0 Å². The van der Waals surface area contributed by atoms with E-state index in [1.165, 1.54) is 5.56 Å². The molecule has 0 bridgehead atoms. The standard InChI is InChI=1S/C19H29BN2O3/c1-15(23)22-11-9-21(10-12-22)14-16-7-6-8-17(13-16)20-24-18(2,3)19(4,5)25-20/h6-8,13H,9-12,14H2,1-5H3. The molecule has 2 aliphatic rings. The second-order valence-electron chi connectivity index (χ2n) is 8.12. The van der Waals surface area contributed by atoms with Gasteiger partial charge in [-0.25, -0.2) is 0 Å². The molecule has 2 heterocycles. The molecular weight excluding hydrogens is 315 g/mol. The van der Waals surface area contributed by atoms with E-state index in [0.717, 1.165) is 38.2 Å². The van der Waals surface area contributed by atoms with E-state index in [-0.39, 0.29) is 24.2 Å². The smallest absolute Gasteiger partial charge is 0.399 e. The summed E-state index contributed by atoms with van der Waals surface area (Å²) < 4.78 is 12.3. The Labute approximate surface area is 151 Å². The van der Waals surface area contributed by atoms with Gasteiger partial charge >= 0.3 is 7.12 Å². The zero-order valence-electron chi connectivity index (χ0n) is 16.0. The molecule has 136 valence electrons. The molecule has 0 atom stereocenters. The number of carbonyl (C=O) groups excluding carboxylic acids is 1. The van der Waals surface area contributed by atoms with Crippen LogP contribution in [0.15, 0.2) is 24.3 Å². The maximum absolute atomic E-state index is 11.4. The highest BCUT2D eigenvalue weighted by molar-refractivity contribution is 6.62. The van der Waals surface area contributed by atoms with E-state index in [9.17, 15) is 4.79 Å². The molecule has 0 aliphatic carbocycles. The first-order valence-corrected chi connectivity index (χ1v) is 9.10. The molecule has 2 saturated heterocycles. The van der Waals surface area contributed by atoms with Gasteiger partial charge in [0.05, 0.1) is 11.2 Å². The van der Waals surface area contributed by atoms with Crippen LogP contribution in [0.3, 0.4) is 0 Å². The third-order valence-electron chi connectivity index (χ3n) is 5.70. The van der Waals surface area contributed by atoms with Crippen molar-refractivity contribution in [2.45, 2.75) is 52.4 Å². The summed E-state index contributed by atoms with van der Waals surface area (Å²) in [7, 11) is -0.320. The van der Waals surface area contributed by atoms with Gasteiger partial charge in [-0.15, -0.1) is 0 Å². The van der Waals surface area contributed by atoms with Crippen LogP contribution in [0, 0.1) is 0 Å². The van der Waals surface area contributed by atoms with Crippen molar-refractivity contribution in [3.8, 4) is 0 Å². The molecule has 2 fully saturated rings. The third kappa shape index (κ3) is 3.91. The number of carbonyl (C=O) groups is 1. The van der Waals surface area contributed by atoms with Gasteiger partial charge in [-0.3, -0.25) is 9.69 Å². The van der Waals surface area contributed by atoms with Crippen LogP contribution in [0.2, 0.25) is 0 Å². The van der Waals surface area contributed by atoms with E-state index in [1.807, 2.05) is 4.90 Å². The summed E-state index contributed by atoms with van der Waals surface area (Å²) in [6, 6.07) is 8.46. The summed E-state index contributed by atoms with van der Waals surface area (Å²) in [5.74, 6) is 0.169. The Morgan fingerprint density at radius 1 is 1.08 bits per heavy atom. The van der Waals surface area contributed by atoms with Crippen molar-refractivity contribution in [3.05, 3.63) is 29.8 Å². The lowest BCUT2D eigenvalue weighted by atomic mass is 9.78. The highest BCUT2D eigenvalue weighted by atomic mass is 16.7. The first-order chi connectivity index (χ1) is 11.7. The largest absolute Gasteiger partial charge is 0.494 e. The SMILES string of the molecule is CC(=O)N1CCN(Cc2cccc(B3OC(C)(C)C(C)(C)O3)c2)CC1. The second-order valence-corrected chi connectivity index (χ2v) is 8.12. The number of benzene rings is 1. The fraction of sp³-hybridized carbons (Fsp3) is 0.632. The van der Waals surface area contributed by atoms with Crippen molar-refractivity contribution >= 4 is 18.5 Å². The van der Waals surface area contributed by atoms with Gasteiger partial charge in [-0.05, 0) is 38.7 Å². The molecule has 1 aromatic rings. The number of rotatable bonds is 3. The predicted octanol–water partition coefficient (Wildman–Crippen LogP) is 1.65. The Morgan fingerprint density at radius 2 is 1.68 bits per heavy atom. The van der Waals surface area contributed by atoms with Crippen LogP contribution < -0.4 is 5.46 Å². The van der Waals surface area contributed by atoms with E-state index in [0.29, 0.717) is 0 Å². The Morgan fingerprint density at radius 3 is 2.24 bits per heavy atom. The van der Waals surface area contributed by atoms with Crippen molar-refractivity contribution in [2.75, 3.05) is 26.2 Å². The second kappa shape index (κ2) is 6.74. The molecule has 5 nitrogen and oxygen atoms in total. The van der Waals surface area contributed by atoms with Crippen LogP contribution in [-0.2, 0) is 20.6 Å². The molecule has 0 N–H and O–H groups in total. The molecule has 0 aromatic heterocycles. The number of piperazine rings is 1. The predicted molar refractivity (Wildman–Crippen MR) is 99.7 cm³/mol. The van der Waals surface area contributed by atoms with Gasteiger partial charge in [-0.1, -0.05) is 24.3 Å². The molecule has 1 aromatic carbocycles. The average molecular weight is 344 g/mol. The summed E-state index contributed by atoms with van der Waals surface area (Å²) >= 11 is 0. The maximum atomic E-state index is 11.4. The van der Waals surface area contributed by atoms with Crippen LogP contribution in [0.1, 0.15) is 40.2 Å². The summed E-state index contributed by atoms with van der Waals surface area (Å²) in [6.07, 6.45) is 0. The highest BCUT2D eigenvalue weighted by Crippen LogP contribution is 2.36. The zero-order chi connectivity index (χ0) is 18.2. The van der Waals surface area contributed by atoms with Gasteiger partial charge < -0.3 is 14.2 Å². The summed E-state index contributed by atoms with van der Waals surface area (Å²) in [5, 5.41) is 0. The van der Waals surface area contributed by atoms with Gasteiger partial charge in [0.1, 0.15) is 0 Å². The van der Waals surface area contributed by atoms with Crippen LogP contribution in [0.5, 0.6) is 0 Å². The molecular formula is C19H29BN2O3. The minimum atomic E-state index is -0.323. The lowest BCUT2D eigenvalue weighted by Crippen LogP contribution is -2.47. The summed E-state index contributed by atoms with van der Waals surface area (Å²) in [4.78, 5) is 15.7. The highest BCUT2D eigenvalue weighted by Gasteiger charge is 2.51. The fourth-order valence-corrected chi connectivity index (χ4v) is 3.30. The van der Waals surface area contributed by atoms with E-state index in [1.54, 1.807) is 6.92 Å². The van der Waals surface area contributed by atoms with Gasteiger partial charge in [0, 0.05) is 39.6 Å². The van der Waals surface area contributed by atoms with E-state index in [4.69, 9.17) is 9.31 Å². The molecule has 1 amide bonds. The Kier molecular flexibility index (Phi) is 4.97. The lowest BCUT2D eigenvalue weighted by Gasteiger charge is -2.34. The lowest BCUT2D eigenvalue weighted by molar-refractivity contribution is -0.130. The minimum Gasteiger partial charge on any atom is -0.399 e. The van der Waals surface area contributed by atoms with Crippen molar-refractivity contribution < 1.29 is 14.1 Å². The van der Waals surface area contributed by atoms with Crippen molar-refractivity contribution in [1.29, 1.82) is 0 Å². The van der Waals surface area contributed by atoms with Crippen molar-refractivity contribution in [3.63, 3.8) is 0 Å². The van der Waals surface area contributed by atoms with E-state index >= 15 is 0 Å². The molecule has 0 saturated carbocycles. The third-order valence-corrected chi connectivity index (χ3v) is 5.70. The van der Waals surface area contributed by atoms with Crippen molar-refractivity contribution in [2.24, 2.45) is 0 Å². The topological polar surface area (TPSA) is 42.0 Å². The maximum Gasteiger partial charge on any atom is 0.494 e. The van der Waals surface area contributed by atoms with Crippen LogP contribution in [-0.4, -0.2) is 60.2 Å². The Bertz CT molecular complexity index is 623. The Balaban J connectivity index is 1.64. The van der Waals surface area contributed by atoms with Crippen LogP contribution in [0.25, 0.3) is 0 Å². The number of hydrogen-bond donors (Lipinski definition) is 0. The number of hydrogen-bond acceptors (Lipinski definition) is 4. The van der Waals surface area contributed by atoms with Gasteiger partial charge in [-0.2, -0.15) is 0 Å². The molecule has 0 unspecified atom stereocenters. The monoisotopic (exact) mass is 344 g/mol. The quantitative estimate of drug-likeness (QED) is 0.782. The van der Waals surface area contributed by atoms with Gasteiger partial charge in [0.15, 0.2) is 0 Å². The Hall–Kier alpha value is -1.37. The molecule has 25 heavy (non-hydrogen) atoms. The average Bonchev–Trinajstić information content (AvgIpc) is 2.76. The van der Waals surface area contributed by atoms with E-state index in [2.05, 4.69) is 56.9 Å². The number of nitrogens with zero attached hydrogens (tertiary/aromatic N) is 2. The number of amides is 1. The summed E-state index contributed by atoms with van der Waals surface area (Å²) in [5.41, 5.74) is 1.68. The molecule has 6 heteroatoms. The molecule has 2 aliphatic heterocycles. The van der Waals surface area contributed by atoms with Crippen LogP contribution >= 0.6 is 0 Å². The first kappa shape index (κ1) is 18.4. The van der Waals surface area contributed by atoms with Crippen molar-refractivity contribution in [1.82, 2.24) is 9.80 Å². The zero-order valence-corrected chi connectivity index (χ0v) is 16.0. The summed E-state index contributed by atoms with van der Waals surface area (Å²) in [6.45, 7) is 14.3. The van der Waals surface area contributed by atoms with Gasteiger partial charge in [0.2, 0.25) is 5.91 Å². The van der Waals surface area contributed by atoms with Crippen LogP contribution in [0.4, 0.5) is 0 Å². The normalized spacial score (nSPS) is 23.1. The van der Waals surface area contributed by atoms with E-state index < -0.39 is 0 Å². The fourth-order valence-electron chi connectivity index (χ4n) is 3.30. The molecule has 0 radical (unpaired) electrons. The first-order valence-electron chi connectivity index (χ1n) is 9.10. The molecule has 0 spiro atoms. The molecule has 3 rings (SSSR count). The minimum absolute atomic E-state index is 0.169.